The summed E-state index contributed by atoms with van der Waals surface area (Å²) in [6, 6.07) is 4.23. The summed E-state index contributed by atoms with van der Waals surface area (Å²) in [6.07, 6.45) is 1.30. The van der Waals surface area contributed by atoms with Crippen molar-refractivity contribution in [2.45, 2.75) is 45.7 Å². The van der Waals surface area contributed by atoms with Crippen molar-refractivity contribution >= 4 is 39.6 Å². The van der Waals surface area contributed by atoms with Crippen molar-refractivity contribution in [2.24, 2.45) is 0 Å². The fourth-order valence-electron chi connectivity index (χ4n) is 3.96. The largest absolute Gasteiger partial charge is 0.454 e. The number of anilines is 1. The standard InChI is InChI=1S/C22H28FIN6O3/c1-13(2)29(5-3-4-8-31)6-7-30-18(26-19-20(25)27-22(23)28-21(19)30)10-14-9-16-17(11-15(14)24)33-12-32-16/h9,11,13,31H,3-8,10,12H2,1-2H3,(H2,25,27,28). The molecule has 0 saturated carbocycles. The predicted octanol–water partition coefficient (Wildman–Crippen LogP) is 2.95. The minimum absolute atomic E-state index is 0.0292. The van der Waals surface area contributed by atoms with Gasteiger partial charge in [-0.15, -0.1) is 0 Å². The third-order valence-corrected chi connectivity index (χ3v) is 6.76. The monoisotopic (exact) mass is 570 g/mol. The number of benzene rings is 1. The minimum Gasteiger partial charge on any atom is -0.454 e. The van der Waals surface area contributed by atoms with Crippen LogP contribution in [0.3, 0.4) is 0 Å². The molecular weight excluding hydrogens is 542 g/mol. The lowest BCUT2D eigenvalue weighted by molar-refractivity contribution is 0.174. The molecule has 1 aromatic carbocycles. The Bertz CT molecular complexity index is 1140. The Morgan fingerprint density at radius 1 is 1.18 bits per heavy atom. The number of unbranched alkanes of at least 4 members (excludes halogenated alkanes) is 1. The third kappa shape index (κ3) is 5.30. The van der Waals surface area contributed by atoms with Crippen LogP contribution in [-0.2, 0) is 13.0 Å². The molecule has 4 rings (SSSR count). The van der Waals surface area contributed by atoms with E-state index in [1.807, 2.05) is 16.7 Å². The van der Waals surface area contributed by atoms with E-state index in [4.69, 9.17) is 25.3 Å². The number of aliphatic hydroxyl groups excluding tert-OH is 1. The van der Waals surface area contributed by atoms with Gasteiger partial charge < -0.3 is 24.9 Å². The first kappa shape index (κ1) is 23.9. The summed E-state index contributed by atoms with van der Waals surface area (Å²) in [5, 5.41) is 9.12. The molecule has 3 heterocycles. The average molecular weight is 570 g/mol. The summed E-state index contributed by atoms with van der Waals surface area (Å²) in [4.78, 5) is 14.7. The molecule has 3 N–H and O–H groups in total. The number of aliphatic hydroxyl groups is 1. The number of halogens is 2. The van der Waals surface area contributed by atoms with Crippen LogP contribution in [0.15, 0.2) is 12.1 Å². The smallest absolute Gasteiger partial charge is 0.312 e. The molecule has 0 amide bonds. The van der Waals surface area contributed by atoms with E-state index in [0.29, 0.717) is 35.9 Å². The molecular formula is C22H28FIN6O3. The van der Waals surface area contributed by atoms with Gasteiger partial charge in [0.05, 0.1) is 0 Å². The summed E-state index contributed by atoms with van der Waals surface area (Å²) in [6.45, 7) is 6.84. The maximum Gasteiger partial charge on any atom is 0.312 e. The van der Waals surface area contributed by atoms with E-state index in [9.17, 15) is 4.39 Å². The van der Waals surface area contributed by atoms with E-state index in [0.717, 1.165) is 46.6 Å². The van der Waals surface area contributed by atoms with Gasteiger partial charge in [-0.1, -0.05) is 0 Å². The molecule has 2 aromatic heterocycles. The number of nitrogens with two attached hydrogens (primary N) is 1. The number of ether oxygens (including phenoxy) is 2. The topological polar surface area (TPSA) is 112 Å². The molecule has 0 saturated heterocycles. The summed E-state index contributed by atoms with van der Waals surface area (Å²) < 4.78 is 28.0. The van der Waals surface area contributed by atoms with Gasteiger partial charge in [-0.2, -0.15) is 14.4 Å². The van der Waals surface area contributed by atoms with Gasteiger partial charge in [-0.05, 0) is 73.5 Å². The number of imidazole rings is 1. The molecule has 0 aliphatic carbocycles. The first-order valence-electron chi connectivity index (χ1n) is 11.0. The van der Waals surface area contributed by atoms with E-state index in [2.05, 4.69) is 51.3 Å². The van der Waals surface area contributed by atoms with Crippen LogP contribution < -0.4 is 15.2 Å². The predicted molar refractivity (Wildman–Crippen MR) is 131 cm³/mol. The van der Waals surface area contributed by atoms with Crippen LogP contribution >= 0.6 is 22.6 Å². The molecule has 0 unspecified atom stereocenters. The van der Waals surface area contributed by atoms with Crippen LogP contribution in [0.5, 0.6) is 11.5 Å². The van der Waals surface area contributed by atoms with Crippen LogP contribution in [0, 0.1) is 9.65 Å². The highest BCUT2D eigenvalue weighted by Crippen LogP contribution is 2.36. The maximum atomic E-state index is 14.1. The molecule has 178 valence electrons. The molecule has 0 spiro atoms. The third-order valence-electron chi connectivity index (χ3n) is 5.76. The molecule has 11 heteroatoms. The maximum absolute atomic E-state index is 14.1. The fourth-order valence-corrected chi connectivity index (χ4v) is 4.59. The lowest BCUT2D eigenvalue weighted by Crippen LogP contribution is -2.35. The number of hydrogen-bond acceptors (Lipinski definition) is 8. The lowest BCUT2D eigenvalue weighted by Gasteiger charge is -2.27. The lowest BCUT2D eigenvalue weighted by atomic mass is 10.1. The van der Waals surface area contributed by atoms with Gasteiger partial charge >= 0.3 is 6.08 Å². The van der Waals surface area contributed by atoms with Crippen molar-refractivity contribution in [2.75, 3.05) is 32.2 Å². The van der Waals surface area contributed by atoms with E-state index in [-0.39, 0.29) is 19.2 Å². The van der Waals surface area contributed by atoms with Gasteiger partial charge in [-0.3, -0.25) is 4.90 Å². The summed E-state index contributed by atoms with van der Waals surface area (Å²) in [5.74, 6) is 2.19. The number of fused-ring (bicyclic) bond motifs is 2. The van der Waals surface area contributed by atoms with Crippen molar-refractivity contribution in [3.63, 3.8) is 0 Å². The van der Waals surface area contributed by atoms with Crippen LogP contribution in [0.1, 0.15) is 38.1 Å². The summed E-state index contributed by atoms with van der Waals surface area (Å²) in [5.41, 5.74) is 7.80. The molecule has 0 radical (unpaired) electrons. The SMILES string of the molecule is CC(C)N(CCCCO)CCn1c(Cc2cc3c(cc2I)OCO3)nc2c(N)nc(F)nc21. The van der Waals surface area contributed by atoms with E-state index < -0.39 is 6.08 Å². The van der Waals surface area contributed by atoms with Crippen molar-refractivity contribution in [3.05, 3.63) is 33.2 Å². The Morgan fingerprint density at radius 3 is 2.67 bits per heavy atom. The fraction of sp³-hybridized carbons (Fsp3) is 0.500. The second-order valence-corrected chi connectivity index (χ2v) is 9.43. The van der Waals surface area contributed by atoms with Crippen molar-refractivity contribution in [3.8, 4) is 11.5 Å². The Hall–Kier alpha value is -2.25. The average Bonchev–Trinajstić information content (AvgIpc) is 3.35. The van der Waals surface area contributed by atoms with Crippen LogP contribution in [0.2, 0.25) is 0 Å². The quantitative estimate of drug-likeness (QED) is 0.218. The van der Waals surface area contributed by atoms with Gasteiger partial charge in [0.2, 0.25) is 6.79 Å². The number of rotatable bonds is 10. The highest BCUT2D eigenvalue weighted by molar-refractivity contribution is 14.1. The molecule has 0 atom stereocenters. The van der Waals surface area contributed by atoms with Gasteiger partial charge in [0.1, 0.15) is 5.82 Å². The molecule has 0 fully saturated rings. The first-order chi connectivity index (χ1) is 15.9. The highest BCUT2D eigenvalue weighted by atomic mass is 127. The van der Waals surface area contributed by atoms with Crippen LogP contribution in [0.4, 0.5) is 10.2 Å². The van der Waals surface area contributed by atoms with Crippen LogP contribution in [0.25, 0.3) is 11.2 Å². The number of aromatic nitrogens is 4. The van der Waals surface area contributed by atoms with E-state index in [1.54, 1.807) is 0 Å². The van der Waals surface area contributed by atoms with Crippen molar-refractivity contribution < 1.29 is 19.0 Å². The molecule has 9 nitrogen and oxygen atoms in total. The molecule has 0 bridgehead atoms. The van der Waals surface area contributed by atoms with Gasteiger partial charge in [0.25, 0.3) is 0 Å². The highest BCUT2D eigenvalue weighted by Gasteiger charge is 2.21. The van der Waals surface area contributed by atoms with Crippen molar-refractivity contribution in [1.82, 2.24) is 24.4 Å². The normalized spacial score (nSPS) is 13.1. The molecule has 1 aliphatic heterocycles. The van der Waals surface area contributed by atoms with Gasteiger partial charge in [0.15, 0.2) is 28.5 Å². The zero-order valence-electron chi connectivity index (χ0n) is 18.7. The van der Waals surface area contributed by atoms with E-state index >= 15 is 0 Å². The zero-order valence-corrected chi connectivity index (χ0v) is 20.9. The Morgan fingerprint density at radius 2 is 1.94 bits per heavy atom. The summed E-state index contributed by atoms with van der Waals surface area (Å²) in [7, 11) is 0. The Balaban J connectivity index is 1.66. The molecule has 1 aliphatic rings. The van der Waals surface area contributed by atoms with Crippen LogP contribution in [-0.4, -0.2) is 62.1 Å². The summed E-state index contributed by atoms with van der Waals surface area (Å²) >= 11 is 2.27. The van der Waals surface area contributed by atoms with Crippen molar-refractivity contribution in [1.29, 1.82) is 0 Å². The Kier molecular flexibility index (Phi) is 7.49. The number of nitrogen functional groups attached to an aromatic ring is 1. The van der Waals surface area contributed by atoms with Gasteiger partial charge in [0, 0.05) is 35.7 Å². The molecule has 3 aromatic rings. The number of hydrogen-bond donors (Lipinski definition) is 2. The second-order valence-electron chi connectivity index (χ2n) is 8.26. The molecule has 33 heavy (non-hydrogen) atoms. The van der Waals surface area contributed by atoms with E-state index in [1.165, 1.54) is 0 Å². The minimum atomic E-state index is -0.867. The first-order valence-corrected chi connectivity index (χ1v) is 12.1. The zero-order chi connectivity index (χ0) is 23.5. The van der Waals surface area contributed by atoms with Gasteiger partial charge in [-0.25, -0.2) is 4.98 Å². The second kappa shape index (κ2) is 10.3. The Labute approximate surface area is 205 Å². The number of nitrogens with zero attached hydrogens (tertiary/aromatic N) is 5.